The molecule has 7 nitrogen and oxygen atoms in total. The molecule has 0 spiro atoms. The zero-order valence-corrected chi connectivity index (χ0v) is 11.2. The van der Waals surface area contributed by atoms with Gasteiger partial charge >= 0.3 is 0 Å². The Labute approximate surface area is 116 Å². The van der Waals surface area contributed by atoms with Crippen LogP contribution in [-0.2, 0) is 9.53 Å². The van der Waals surface area contributed by atoms with Crippen molar-refractivity contribution >= 4 is 17.3 Å². The molecule has 1 aromatic carbocycles. The first kappa shape index (κ1) is 14.4. The molecule has 1 amide bonds. The van der Waals surface area contributed by atoms with Gasteiger partial charge in [-0.3, -0.25) is 14.9 Å². The molecule has 0 bridgehead atoms. The molecule has 1 heterocycles. The second-order valence-corrected chi connectivity index (χ2v) is 4.71. The third-order valence-electron chi connectivity index (χ3n) is 3.12. The fourth-order valence-electron chi connectivity index (χ4n) is 2.02. The Morgan fingerprint density at radius 1 is 1.60 bits per heavy atom. The van der Waals surface area contributed by atoms with Crippen LogP contribution in [0.25, 0.3) is 0 Å². The van der Waals surface area contributed by atoms with Crippen molar-refractivity contribution in [1.29, 1.82) is 0 Å². The monoisotopic (exact) mass is 279 g/mol. The molecule has 0 aromatic heterocycles. The molecule has 2 N–H and O–H groups in total. The molecule has 1 unspecified atom stereocenters. The summed E-state index contributed by atoms with van der Waals surface area (Å²) in [5.74, 6) is -0.206. The molecule has 1 atom stereocenters. The topological polar surface area (TPSA) is 93.5 Å². The molecule has 0 aliphatic carbocycles. The van der Waals surface area contributed by atoms with Gasteiger partial charge in [-0.2, -0.15) is 0 Å². The van der Waals surface area contributed by atoms with Crippen molar-refractivity contribution in [2.45, 2.75) is 19.4 Å². The highest BCUT2D eigenvalue weighted by Crippen LogP contribution is 2.22. The number of hydrogen-bond donors (Lipinski definition) is 2. The summed E-state index contributed by atoms with van der Waals surface area (Å²) in [6.07, 6.45) is 0.0811. The molecule has 1 saturated heterocycles. The smallest absolute Gasteiger partial charge is 0.271 e. The van der Waals surface area contributed by atoms with Crippen molar-refractivity contribution in [3.05, 3.63) is 33.9 Å². The number of hydrogen-bond acceptors (Lipinski definition) is 5. The van der Waals surface area contributed by atoms with E-state index in [0.29, 0.717) is 18.8 Å². The van der Waals surface area contributed by atoms with Gasteiger partial charge in [0, 0.05) is 25.2 Å². The molecule has 1 aromatic rings. The number of nitrogens with zero attached hydrogens (tertiary/aromatic N) is 1. The fourth-order valence-corrected chi connectivity index (χ4v) is 2.02. The van der Waals surface area contributed by atoms with Crippen LogP contribution in [0.3, 0.4) is 0 Å². The maximum Gasteiger partial charge on any atom is 0.271 e. The number of amides is 1. The zero-order valence-electron chi connectivity index (χ0n) is 11.2. The van der Waals surface area contributed by atoms with Crippen LogP contribution >= 0.6 is 0 Å². The van der Waals surface area contributed by atoms with Gasteiger partial charge in [0.25, 0.3) is 5.69 Å². The number of nitro groups is 1. The molecular formula is C13H17N3O4. The van der Waals surface area contributed by atoms with E-state index in [9.17, 15) is 14.9 Å². The maximum atomic E-state index is 11.9. The lowest BCUT2D eigenvalue weighted by molar-refractivity contribution is -0.384. The average Bonchev–Trinajstić information content (AvgIpc) is 2.42. The molecule has 1 aliphatic heterocycles. The van der Waals surface area contributed by atoms with E-state index in [1.807, 2.05) is 0 Å². The van der Waals surface area contributed by atoms with Crippen molar-refractivity contribution in [2.75, 3.05) is 25.0 Å². The molecule has 7 heteroatoms. The highest BCUT2D eigenvalue weighted by atomic mass is 16.6. The standard InChI is InChI=1S/C13H17N3O4/c1-9-2-3-10(16(18)19)6-12(9)15-13(17)7-11-8-14-4-5-20-11/h2-3,6,11,14H,4-5,7-8H2,1H3,(H,15,17). The van der Waals surface area contributed by atoms with Crippen molar-refractivity contribution in [3.8, 4) is 0 Å². The largest absolute Gasteiger partial charge is 0.375 e. The van der Waals surface area contributed by atoms with Gasteiger partial charge < -0.3 is 15.4 Å². The molecular weight excluding hydrogens is 262 g/mol. The van der Waals surface area contributed by atoms with Gasteiger partial charge in [0.2, 0.25) is 5.91 Å². The van der Waals surface area contributed by atoms with Crippen LogP contribution in [0.15, 0.2) is 18.2 Å². The Kier molecular flexibility index (Phi) is 4.65. The van der Waals surface area contributed by atoms with Crippen LogP contribution in [0, 0.1) is 17.0 Å². The van der Waals surface area contributed by atoms with Gasteiger partial charge in [-0.25, -0.2) is 0 Å². The number of non-ortho nitro benzene ring substituents is 1. The number of carbonyl (C=O) groups is 1. The van der Waals surface area contributed by atoms with Crippen LogP contribution in [0.2, 0.25) is 0 Å². The fraction of sp³-hybridized carbons (Fsp3) is 0.462. The second kappa shape index (κ2) is 6.44. The number of anilines is 1. The average molecular weight is 279 g/mol. The summed E-state index contributed by atoms with van der Waals surface area (Å²) in [6.45, 7) is 3.81. The Bertz CT molecular complexity index is 512. The van der Waals surface area contributed by atoms with Crippen LogP contribution in [0.1, 0.15) is 12.0 Å². The van der Waals surface area contributed by atoms with E-state index in [1.165, 1.54) is 12.1 Å². The number of nitro benzene ring substituents is 1. The Morgan fingerprint density at radius 2 is 2.40 bits per heavy atom. The summed E-state index contributed by atoms with van der Waals surface area (Å²) in [5, 5.41) is 16.6. The molecule has 108 valence electrons. The van der Waals surface area contributed by atoms with Crippen LogP contribution < -0.4 is 10.6 Å². The minimum absolute atomic E-state index is 0.0403. The van der Waals surface area contributed by atoms with Gasteiger partial charge in [-0.05, 0) is 12.5 Å². The van der Waals surface area contributed by atoms with E-state index in [-0.39, 0.29) is 24.1 Å². The zero-order chi connectivity index (χ0) is 14.5. The number of aryl methyl sites for hydroxylation is 1. The van der Waals surface area contributed by atoms with Crippen molar-refractivity contribution in [2.24, 2.45) is 0 Å². The van der Waals surface area contributed by atoms with Crippen LogP contribution in [0.4, 0.5) is 11.4 Å². The Morgan fingerprint density at radius 3 is 3.05 bits per heavy atom. The van der Waals surface area contributed by atoms with E-state index in [0.717, 1.165) is 12.1 Å². The Balaban J connectivity index is 1.99. The predicted octanol–water partition coefficient (Wildman–Crippen LogP) is 1.22. The number of rotatable bonds is 4. The van der Waals surface area contributed by atoms with Gasteiger partial charge in [0.05, 0.1) is 29.7 Å². The van der Waals surface area contributed by atoms with E-state index in [4.69, 9.17) is 4.74 Å². The minimum atomic E-state index is -0.483. The third kappa shape index (κ3) is 3.75. The first-order chi connectivity index (χ1) is 9.56. The maximum absolute atomic E-state index is 11.9. The van der Waals surface area contributed by atoms with Gasteiger partial charge in [-0.1, -0.05) is 6.07 Å². The SMILES string of the molecule is Cc1ccc([N+](=O)[O-])cc1NC(=O)CC1CNCCO1. The normalized spacial score (nSPS) is 18.6. The number of ether oxygens (including phenoxy) is 1. The lowest BCUT2D eigenvalue weighted by Gasteiger charge is -2.23. The predicted molar refractivity (Wildman–Crippen MR) is 73.7 cm³/mol. The first-order valence-corrected chi connectivity index (χ1v) is 6.43. The highest BCUT2D eigenvalue weighted by molar-refractivity contribution is 5.92. The van der Waals surface area contributed by atoms with Crippen molar-refractivity contribution < 1.29 is 14.5 Å². The number of benzene rings is 1. The lowest BCUT2D eigenvalue weighted by atomic mass is 10.1. The molecule has 1 aliphatic rings. The van der Waals surface area contributed by atoms with Crippen molar-refractivity contribution in [1.82, 2.24) is 5.32 Å². The van der Waals surface area contributed by atoms with E-state index in [2.05, 4.69) is 10.6 Å². The van der Waals surface area contributed by atoms with Crippen LogP contribution in [-0.4, -0.2) is 36.6 Å². The van der Waals surface area contributed by atoms with Gasteiger partial charge in [0.1, 0.15) is 0 Å². The minimum Gasteiger partial charge on any atom is -0.375 e. The van der Waals surface area contributed by atoms with E-state index in [1.54, 1.807) is 13.0 Å². The van der Waals surface area contributed by atoms with E-state index < -0.39 is 4.92 Å². The highest BCUT2D eigenvalue weighted by Gasteiger charge is 2.18. The summed E-state index contributed by atoms with van der Waals surface area (Å²) >= 11 is 0. The van der Waals surface area contributed by atoms with Gasteiger partial charge in [-0.15, -0.1) is 0 Å². The van der Waals surface area contributed by atoms with Crippen LogP contribution in [0.5, 0.6) is 0 Å². The molecule has 20 heavy (non-hydrogen) atoms. The summed E-state index contributed by atoms with van der Waals surface area (Å²) in [5.41, 5.74) is 1.21. The lowest BCUT2D eigenvalue weighted by Crippen LogP contribution is -2.40. The third-order valence-corrected chi connectivity index (χ3v) is 3.12. The summed E-state index contributed by atoms with van der Waals surface area (Å²) in [4.78, 5) is 22.2. The Hall–Kier alpha value is -1.99. The molecule has 0 saturated carbocycles. The number of carbonyl (C=O) groups excluding carboxylic acids is 1. The number of nitrogens with one attached hydrogen (secondary N) is 2. The summed E-state index contributed by atoms with van der Waals surface area (Å²) in [6, 6.07) is 4.40. The summed E-state index contributed by atoms with van der Waals surface area (Å²) in [7, 11) is 0. The summed E-state index contributed by atoms with van der Waals surface area (Å²) < 4.78 is 5.45. The number of morpholine rings is 1. The molecule has 2 rings (SSSR count). The quantitative estimate of drug-likeness (QED) is 0.638. The van der Waals surface area contributed by atoms with E-state index >= 15 is 0 Å². The van der Waals surface area contributed by atoms with Crippen molar-refractivity contribution in [3.63, 3.8) is 0 Å². The molecule has 1 fully saturated rings. The first-order valence-electron chi connectivity index (χ1n) is 6.43. The second-order valence-electron chi connectivity index (χ2n) is 4.71. The van der Waals surface area contributed by atoms with Gasteiger partial charge in [0.15, 0.2) is 0 Å². The molecule has 0 radical (unpaired) electrons.